The molecule has 0 aromatic heterocycles. The third kappa shape index (κ3) is 5.56. The lowest BCUT2D eigenvalue weighted by Gasteiger charge is -2.19. The molecule has 0 aromatic rings. The Hall–Kier alpha value is -1.29. The number of hydrogen-bond acceptors (Lipinski definition) is 4. The van der Waals surface area contributed by atoms with Crippen LogP contribution in [0.1, 0.15) is 13.8 Å². The number of alkyl halides is 1. The average molecular weight is 247 g/mol. The van der Waals surface area contributed by atoms with Gasteiger partial charge in [0.15, 0.2) is 6.10 Å². The fourth-order valence-corrected chi connectivity index (χ4v) is 0.846. The van der Waals surface area contributed by atoms with Crippen LogP contribution in [0.3, 0.4) is 0 Å². The zero-order chi connectivity index (χ0) is 12.7. The van der Waals surface area contributed by atoms with E-state index in [1.165, 1.54) is 6.92 Å². The summed E-state index contributed by atoms with van der Waals surface area (Å²) in [5.41, 5.74) is 0.261. The molecule has 2 unspecified atom stereocenters. The minimum Gasteiger partial charge on any atom is -0.459 e. The van der Waals surface area contributed by atoms with E-state index < -0.39 is 23.4 Å². The molecule has 0 saturated carbocycles. The maximum Gasteiger partial charge on any atom is 0.333 e. The molecule has 0 aromatic carbocycles. The highest BCUT2D eigenvalue weighted by Crippen LogP contribution is 2.09. The van der Waals surface area contributed by atoms with Gasteiger partial charge >= 0.3 is 11.9 Å². The smallest absolute Gasteiger partial charge is 0.333 e. The molecule has 0 radical (unpaired) electrons. The first-order valence-corrected chi connectivity index (χ1v) is 5.11. The van der Waals surface area contributed by atoms with Crippen molar-refractivity contribution >= 4 is 23.5 Å². The van der Waals surface area contributed by atoms with Gasteiger partial charge < -0.3 is 9.47 Å². The van der Waals surface area contributed by atoms with E-state index in [1.807, 2.05) is 0 Å². The summed E-state index contributed by atoms with van der Waals surface area (Å²) >= 11 is 5.80. The van der Waals surface area contributed by atoms with Crippen molar-refractivity contribution < 1.29 is 19.1 Å². The summed E-state index contributed by atoms with van der Waals surface area (Å²) in [6.07, 6.45) is 0.325. The number of esters is 2. The van der Waals surface area contributed by atoms with E-state index >= 15 is 0 Å². The lowest BCUT2D eigenvalue weighted by Crippen LogP contribution is -2.31. The first-order chi connectivity index (χ1) is 7.38. The van der Waals surface area contributed by atoms with Gasteiger partial charge in [-0.3, -0.25) is 0 Å². The molecule has 90 valence electrons. The van der Waals surface area contributed by atoms with Crippen LogP contribution < -0.4 is 0 Å². The van der Waals surface area contributed by atoms with Crippen LogP contribution in [0.5, 0.6) is 0 Å². The minimum absolute atomic E-state index is 0.103. The van der Waals surface area contributed by atoms with Gasteiger partial charge in [-0.1, -0.05) is 13.2 Å². The van der Waals surface area contributed by atoms with Gasteiger partial charge in [0.25, 0.3) is 0 Å². The van der Waals surface area contributed by atoms with Crippen molar-refractivity contribution in [3.8, 4) is 0 Å². The van der Waals surface area contributed by atoms with Crippen LogP contribution in [0, 0.1) is 0 Å². The SMILES string of the molecule is C=CC(=O)OCC(OC(=O)C(=C)C)C(C)Cl. The molecule has 0 spiro atoms. The van der Waals surface area contributed by atoms with Crippen molar-refractivity contribution in [1.82, 2.24) is 0 Å². The van der Waals surface area contributed by atoms with E-state index in [0.29, 0.717) is 0 Å². The predicted octanol–water partition coefficient (Wildman–Crippen LogP) is 1.83. The van der Waals surface area contributed by atoms with Crippen molar-refractivity contribution in [2.45, 2.75) is 25.3 Å². The van der Waals surface area contributed by atoms with Crippen LogP contribution in [0.2, 0.25) is 0 Å². The number of rotatable bonds is 6. The van der Waals surface area contributed by atoms with Crippen LogP contribution in [0.4, 0.5) is 0 Å². The first-order valence-electron chi connectivity index (χ1n) is 4.68. The number of carbonyl (C=O) groups is 2. The molecule has 0 saturated heterocycles. The van der Waals surface area contributed by atoms with Crippen LogP contribution >= 0.6 is 11.6 Å². The normalized spacial score (nSPS) is 13.4. The molecule has 0 fully saturated rings. The van der Waals surface area contributed by atoms with E-state index in [-0.39, 0.29) is 12.2 Å². The van der Waals surface area contributed by atoms with Gasteiger partial charge in [0.1, 0.15) is 6.61 Å². The number of ether oxygens (including phenoxy) is 2. The fourth-order valence-electron chi connectivity index (χ4n) is 0.722. The molecule has 5 heteroatoms. The minimum atomic E-state index is -0.699. The maximum absolute atomic E-state index is 11.2. The van der Waals surface area contributed by atoms with Gasteiger partial charge in [-0.15, -0.1) is 11.6 Å². The zero-order valence-corrected chi connectivity index (χ0v) is 10.1. The molecule has 4 nitrogen and oxygen atoms in total. The third-order valence-electron chi connectivity index (χ3n) is 1.68. The zero-order valence-electron chi connectivity index (χ0n) is 9.36. The lowest BCUT2D eigenvalue weighted by atomic mass is 10.3. The summed E-state index contributed by atoms with van der Waals surface area (Å²) in [5, 5.41) is -0.471. The van der Waals surface area contributed by atoms with E-state index in [1.54, 1.807) is 6.92 Å². The quantitative estimate of drug-likeness (QED) is 0.408. The molecular formula is C11H15ClO4. The summed E-state index contributed by atoms with van der Waals surface area (Å²) in [4.78, 5) is 22.0. The van der Waals surface area contributed by atoms with Gasteiger partial charge in [0.2, 0.25) is 0 Å². The molecule has 0 bridgehead atoms. The average Bonchev–Trinajstić information content (AvgIpc) is 2.22. The fraction of sp³-hybridized carbons (Fsp3) is 0.455. The second-order valence-electron chi connectivity index (χ2n) is 3.24. The van der Waals surface area contributed by atoms with Crippen molar-refractivity contribution in [3.63, 3.8) is 0 Å². The Bertz CT molecular complexity index is 296. The van der Waals surface area contributed by atoms with E-state index in [9.17, 15) is 9.59 Å². The molecule has 0 aliphatic rings. The monoisotopic (exact) mass is 246 g/mol. The number of hydrogen-bond donors (Lipinski definition) is 0. The van der Waals surface area contributed by atoms with Gasteiger partial charge in [-0.05, 0) is 13.8 Å². The Labute approximate surface area is 99.9 Å². The number of halogens is 1. The van der Waals surface area contributed by atoms with Crippen molar-refractivity contribution in [2.24, 2.45) is 0 Å². The highest BCUT2D eigenvalue weighted by Gasteiger charge is 2.21. The highest BCUT2D eigenvalue weighted by molar-refractivity contribution is 6.20. The highest BCUT2D eigenvalue weighted by atomic mass is 35.5. The number of carbonyl (C=O) groups excluding carboxylic acids is 2. The maximum atomic E-state index is 11.2. The molecule has 0 N–H and O–H groups in total. The van der Waals surface area contributed by atoms with Gasteiger partial charge in [-0.25, -0.2) is 9.59 Å². The first kappa shape index (κ1) is 14.7. The van der Waals surface area contributed by atoms with E-state index in [4.69, 9.17) is 21.1 Å². The topological polar surface area (TPSA) is 52.6 Å². The molecule has 0 rings (SSSR count). The molecule has 0 aliphatic heterocycles. The van der Waals surface area contributed by atoms with Crippen LogP contribution in [0.15, 0.2) is 24.8 Å². The second-order valence-corrected chi connectivity index (χ2v) is 3.92. The summed E-state index contributed by atoms with van der Waals surface area (Å²) in [7, 11) is 0. The van der Waals surface area contributed by atoms with E-state index in [0.717, 1.165) is 6.08 Å². The molecule has 0 amide bonds. The van der Waals surface area contributed by atoms with Crippen LogP contribution in [-0.2, 0) is 19.1 Å². The van der Waals surface area contributed by atoms with Gasteiger partial charge in [0.05, 0.1) is 5.38 Å². The van der Waals surface area contributed by atoms with Crippen molar-refractivity contribution in [1.29, 1.82) is 0 Å². The second kappa shape index (κ2) is 7.06. The molecule has 16 heavy (non-hydrogen) atoms. The van der Waals surface area contributed by atoms with Crippen LogP contribution in [-0.4, -0.2) is 30.0 Å². The third-order valence-corrected chi connectivity index (χ3v) is 1.96. The summed E-state index contributed by atoms with van der Waals surface area (Å²) < 4.78 is 9.73. The Morgan fingerprint density at radius 2 is 2.06 bits per heavy atom. The predicted molar refractivity (Wildman–Crippen MR) is 61.2 cm³/mol. The molecular weight excluding hydrogens is 232 g/mol. The summed E-state index contributed by atoms with van der Waals surface area (Å²) in [5.74, 6) is -1.15. The standard InChI is InChI=1S/C11H15ClO4/c1-5-10(13)15-6-9(8(4)12)16-11(14)7(2)3/h5,8-9H,1-2,6H2,3-4H3. The van der Waals surface area contributed by atoms with Crippen molar-refractivity contribution in [3.05, 3.63) is 24.8 Å². The molecule has 0 aliphatic carbocycles. The Kier molecular flexibility index (Phi) is 6.49. The van der Waals surface area contributed by atoms with E-state index in [2.05, 4.69) is 13.2 Å². The Morgan fingerprint density at radius 1 is 1.50 bits per heavy atom. The molecule has 2 atom stereocenters. The Balaban J connectivity index is 4.28. The summed E-state index contributed by atoms with van der Waals surface area (Å²) in [6.45, 7) is 9.74. The van der Waals surface area contributed by atoms with Gasteiger partial charge in [-0.2, -0.15) is 0 Å². The lowest BCUT2D eigenvalue weighted by molar-refractivity contribution is -0.153. The summed E-state index contributed by atoms with van der Waals surface area (Å²) in [6, 6.07) is 0. The van der Waals surface area contributed by atoms with Crippen molar-refractivity contribution in [2.75, 3.05) is 6.61 Å². The van der Waals surface area contributed by atoms with Gasteiger partial charge in [0, 0.05) is 11.6 Å². The Morgan fingerprint density at radius 3 is 2.44 bits per heavy atom. The largest absolute Gasteiger partial charge is 0.459 e. The van der Waals surface area contributed by atoms with Crippen LogP contribution in [0.25, 0.3) is 0 Å². The molecule has 0 heterocycles.